The van der Waals surface area contributed by atoms with Crippen molar-refractivity contribution >= 4 is 0 Å². The van der Waals surface area contributed by atoms with Gasteiger partial charge in [-0.15, -0.1) is 0 Å². The Kier molecular flexibility index (Phi) is 6.39. The Morgan fingerprint density at radius 1 is 0.833 bits per heavy atom. The van der Waals surface area contributed by atoms with E-state index in [1.54, 1.807) is 6.92 Å². The van der Waals surface area contributed by atoms with Crippen molar-refractivity contribution < 1.29 is 10.2 Å². The zero-order valence-electron chi connectivity index (χ0n) is 8.45. The van der Waals surface area contributed by atoms with Gasteiger partial charge in [0.15, 0.2) is 0 Å². The number of hydrogen-bond acceptors (Lipinski definition) is 2. The van der Waals surface area contributed by atoms with Gasteiger partial charge in [0.2, 0.25) is 0 Å². The van der Waals surface area contributed by atoms with Gasteiger partial charge >= 0.3 is 0 Å². The van der Waals surface area contributed by atoms with E-state index in [9.17, 15) is 5.11 Å². The van der Waals surface area contributed by atoms with Crippen molar-refractivity contribution in [3.8, 4) is 0 Å². The smallest absolute Gasteiger partial charge is 0.0541 e. The molecule has 2 unspecified atom stereocenters. The van der Waals surface area contributed by atoms with Crippen LogP contribution in [0.25, 0.3) is 0 Å². The standard InChI is InChI=1S/C10H22O2/c1-8(2)4-6-10(12)7-5-9(3)11/h8-12H,4-7H2,1-3H3. The molecule has 2 heteroatoms. The Hall–Kier alpha value is -0.0800. The summed E-state index contributed by atoms with van der Waals surface area (Å²) in [5.41, 5.74) is 0. The van der Waals surface area contributed by atoms with Gasteiger partial charge in [0.05, 0.1) is 12.2 Å². The number of hydrogen-bond donors (Lipinski definition) is 2. The van der Waals surface area contributed by atoms with Crippen LogP contribution < -0.4 is 0 Å². The highest BCUT2D eigenvalue weighted by atomic mass is 16.3. The minimum Gasteiger partial charge on any atom is -0.393 e. The lowest BCUT2D eigenvalue weighted by Gasteiger charge is -2.12. The zero-order chi connectivity index (χ0) is 9.56. The first-order valence-corrected chi connectivity index (χ1v) is 4.88. The van der Waals surface area contributed by atoms with Gasteiger partial charge in [-0.1, -0.05) is 13.8 Å². The Morgan fingerprint density at radius 3 is 1.75 bits per heavy atom. The minimum atomic E-state index is -0.279. The maximum absolute atomic E-state index is 9.44. The summed E-state index contributed by atoms with van der Waals surface area (Å²) in [4.78, 5) is 0. The highest BCUT2D eigenvalue weighted by molar-refractivity contribution is 4.59. The van der Waals surface area contributed by atoms with Crippen molar-refractivity contribution in [2.24, 2.45) is 5.92 Å². The van der Waals surface area contributed by atoms with Crippen LogP contribution in [0, 0.1) is 5.92 Å². The molecule has 0 aromatic carbocycles. The minimum absolute atomic E-state index is 0.220. The van der Waals surface area contributed by atoms with E-state index in [0.29, 0.717) is 12.3 Å². The van der Waals surface area contributed by atoms with Gasteiger partial charge in [-0.05, 0) is 38.5 Å². The molecule has 0 saturated carbocycles. The van der Waals surface area contributed by atoms with Gasteiger partial charge in [-0.25, -0.2) is 0 Å². The average molecular weight is 174 g/mol. The second kappa shape index (κ2) is 6.44. The molecule has 0 aromatic rings. The fraction of sp³-hybridized carbons (Fsp3) is 1.00. The highest BCUT2D eigenvalue weighted by Gasteiger charge is 2.06. The van der Waals surface area contributed by atoms with Crippen LogP contribution in [0.5, 0.6) is 0 Å². The van der Waals surface area contributed by atoms with E-state index in [4.69, 9.17) is 5.11 Å². The summed E-state index contributed by atoms with van der Waals surface area (Å²) in [6.45, 7) is 6.07. The summed E-state index contributed by atoms with van der Waals surface area (Å²) < 4.78 is 0. The summed E-state index contributed by atoms with van der Waals surface area (Å²) in [7, 11) is 0. The SMILES string of the molecule is CC(C)CCC(O)CCC(C)O. The fourth-order valence-corrected chi connectivity index (χ4v) is 1.10. The monoisotopic (exact) mass is 174 g/mol. The molecule has 0 aromatic heterocycles. The lowest BCUT2D eigenvalue weighted by atomic mass is 10.0. The molecule has 0 aliphatic heterocycles. The summed E-state index contributed by atoms with van der Waals surface area (Å²) in [5, 5.41) is 18.4. The van der Waals surface area contributed by atoms with E-state index >= 15 is 0 Å². The lowest BCUT2D eigenvalue weighted by Crippen LogP contribution is -2.11. The Bertz CT molecular complexity index is 88.0. The summed E-state index contributed by atoms with van der Waals surface area (Å²) >= 11 is 0. The molecule has 0 fully saturated rings. The van der Waals surface area contributed by atoms with E-state index in [1.165, 1.54) is 0 Å². The second-order valence-electron chi connectivity index (χ2n) is 4.05. The molecule has 0 rings (SSSR count). The molecule has 0 heterocycles. The van der Waals surface area contributed by atoms with E-state index in [-0.39, 0.29) is 12.2 Å². The first kappa shape index (κ1) is 11.9. The molecule has 0 amide bonds. The summed E-state index contributed by atoms with van der Waals surface area (Å²) in [5.74, 6) is 0.659. The molecule has 12 heavy (non-hydrogen) atoms. The van der Waals surface area contributed by atoms with Crippen LogP contribution in [-0.4, -0.2) is 22.4 Å². The van der Waals surface area contributed by atoms with E-state index in [0.717, 1.165) is 19.3 Å². The van der Waals surface area contributed by atoms with Crippen LogP contribution in [0.1, 0.15) is 46.5 Å². The second-order valence-corrected chi connectivity index (χ2v) is 4.05. The number of aliphatic hydroxyl groups excluding tert-OH is 2. The van der Waals surface area contributed by atoms with Crippen molar-refractivity contribution in [1.29, 1.82) is 0 Å². The molecule has 74 valence electrons. The molecule has 0 aliphatic rings. The van der Waals surface area contributed by atoms with Crippen LogP contribution >= 0.6 is 0 Å². The van der Waals surface area contributed by atoms with Crippen LogP contribution in [-0.2, 0) is 0 Å². The Labute approximate surface area is 75.6 Å². The van der Waals surface area contributed by atoms with Crippen molar-refractivity contribution in [3.63, 3.8) is 0 Å². The highest BCUT2D eigenvalue weighted by Crippen LogP contribution is 2.11. The quantitative estimate of drug-likeness (QED) is 0.646. The van der Waals surface area contributed by atoms with Gasteiger partial charge in [0.25, 0.3) is 0 Å². The molecule has 2 atom stereocenters. The number of aliphatic hydroxyl groups is 2. The van der Waals surface area contributed by atoms with Gasteiger partial charge < -0.3 is 10.2 Å². The Balaban J connectivity index is 3.27. The predicted molar refractivity (Wildman–Crippen MR) is 51.0 cm³/mol. The van der Waals surface area contributed by atoms with Crippen LogP contribution in [0.15, 0.2) is 0 Å². The topological polar surface area (TPSA) is 40.5 Å². The summed E-state index contributed by atoms with van der Waals surface area (Å²) in [6.07, 6.45) is 2.87. The van der Waals surface area contributed by atoms with Crippen molar-refractivity contribution in [2.45, 2.75) is 58.7 Å². The van der Waals surface area contributed by atoms with Gasteiger partial charge in [0.1, 0.15) is 0 Å². The van der Waals surface area contributed by atoms with E-state index < -0.39 is 0 Å². The van der Waals surface area contributed by atoms with Crippen LogP contribution in [0.4, 0.5) is 0 Å². The lowest BCUT2D eigenvalue weighted by molar-refractivity contribution is 0.112. The largest absolute Gasteiger partial charge is 0.393 e. The van der Waals surface area contributed by atoms with E-state index in [2.05, 4.69) is 13.8 Å². The molecule has 0 saturated heterocycles. The predicted octanol–water partition coefficient (Wildman–Crippen LogP) is 1.94. The number of rotatable bonds is 6. The summed E-state index contributed by atoms with van der Waals surface area (Å²) in [6, 6.07) is 0. The first-order chi connectivity index (χ1) is 5.52. The normalized spacial score (nSPS) is 16.5. The third-order valence-corrected chi connectivity index (χ3v) is 1.99. The molecular weight excluding hydrogens is 152 g/mol. The van der Waals surface area contributed by atoms with E-state index in [1.807, 2.05) is 0 Å². The molecule has 2 N–H and O–H groups in total. The maximum atomic E-state index is 9.44. The van der Waals surface area contributed by atoms with Gasteiger partial charge in [-0.2, -0.15) is 0 Å². The van der Waals surface area contributed by atoms with Crippen molar-refractivity contribution in [1.82, 2.24) is 0 Å². The molecular formula is C10H22O2. The first-order valence-electron chi connectivity index (χ1n) is 4.88. The Morgan fingerprint density at radius 2 is 1.33 bits per heavy atom. The van der Waals surface area contributed by atoms with Crippen LogP contribution in [0.3, 0.4) is 0 Å². The zero-order valence-corrected chi connectivity index (χ0v) is 8.45. The maximum Gasteiger partial charge on any atom is 0.0541 e. The van der Waals surface area contributed by atoms with Gasteiger partial charge in [-0.3, -0.25) is 0 Å². The van der Waals surface area contributed by atoms with Crippen molar-refractivity contribution in [2.75, 3.05) is 0 Å². The average Bonchev–Trinajstić information content (AvgIpc) is 1.96. The molecule has 2 nitrogen and oxygen atoms in total. The van der Waals surface area contributed by atoms with Crippen molar-refractivity contribution in [3.05, 3.63) is 0 Å². The molecule has 0 bridgehead atoms. The molecule has 0 spiro atoms. The van der Waals surface area contributed by atoms with Crippen LogP contribution in [0.2, 0.25) is 0 Å². The molecule has 0 radical (unpaired) electrons. The molecule has 0 aliphatic carbocycles. The third kappa shape index (κ3) is 8.02. The third-order valence-electron chi connectivity index (χ3n) is 1.99. The fourth-order valence-electron chi connectivity index (χ4n) is 1.10. The van der Waals surface area contributed by atoms with Gasteiger partial charge in [0, 0.05) is 0 Å².